The van der Waals surface area contributed by atoms with E-state index in [0.29, 0.717) is 22.5 Å². The van der Waals surface area contributed by atoms with Crippen molar-refractivity contribution in [3.05, 3.63) is 70.2 Å². The van der Waals surface area contributed by atoms with E-state index in [1.165, 1.54) is 0 Å². The van der Waals surface area contributed by atoms with Crippen molar-refractivity contribution < 1.29 is 4.74 Å². The molecule has 0 aliphatic heterocycles. The van der Waals surface area contributed by atoms with Crippen LogP contribution in [0.25, 0.3) is 11.3 Å². The average molecular weight is 333 g/mol. The van der Waals surface area contributed by atoms with Crippen LogP contribution in [0.5, 0.6) is 5.88 Å². The smallest absolute Gasteiger partial charge is 0.212 e. The van der Waals surface area contributed by atoms with Crippen LogP contribution < -0.4 is 4.74 Å². The summed E-state index contributed by atoms with van der Waals surface area (Å²) in [5, 5.41) is 5.62. The Morgan fingerprint density at radius 2 is 1.82 bits per heavy atom. The molecule has 22 heavy (non-hydrogen) atoms. The normalized spacial score (nSPS) is 10.7. The first-order chi connectivity index (χ1) is 10.6. The van der Waals surface area contributed by atoms with Gasteiger partial charge in [0.15, 0.2) is 0 Å². The van der Waals surface area contributed by atoms with Gasteiger partial charge in [0.05, 0.1) is 10.7 Å². The Labute approximate surface area is 139 Å². The van der Waals surface area contributed by atoms with Crippen LogP contribution in [0.1, 0.15) is 5.56 Å². The largest absolute Gasteiger partial charge is 0.473 e. The topological polar surface area (TPSA) is 27.1 Å². The molecule has 0 aliphatic rings. The monoisotopic (exact) mass is 332 g/mol. The van der Waals surface area contributed by atoms with Gasteiger partial charge in [0.25, 0.3) is 0 Å². The standard InChI is InChI=1S/C17H14Cl2N2O/c1-21-17(22-11-12-5-3-2-4-6-12)10-16(20-21)14-8-7-13(18)9-15(14)19/h2-10H,11H2,1H3. The summed E-state index contributed by atoms with van der Waals surface area (Å²) in [6.07, 6.45) is 0. The second-order valence-corrected chi connectivity index (χ2v) is 5.73. The zero-order valence-electron chi connectivity index (χ0n) is 12.0. The van der Waals surface area contributed by atoms with E-state index in [1.54, 1.807) is 16.8 Å². The first-order valence-electron chi connectivity index (χ1n) is 6.79. The van der Waals surface area contributed by atoms with Crippen molar-refractivity contribution >= 4 is 23.2 Å². The van der Waals surface area contributed by atoms with Crippen molar-refractivity contribution in [2.75, 3.05) is 0 Å². The SMILES string of the molecule is Cn1nc(-c2ccc(Cl)cc2Cl)cc1OCc1ccccc1. The van der Waals surface area contributed by atoms with Gasteiger partial charge in [-0.2, -0.15) is 5.10 Å². The molecule has 0 fully saturated rings. The summed E-state index contributed by atoms with van der Waals surface area (Å²) in [4.78, 5) is 0. The Hall–Kier alpha value is -1.97. The van der Waals surface area contributed by atoms with Gasteiger partial charge in [0, 0.05) is 23.7 Å². The molecule has 0 N–H and O–H groups in total. The lowest BCUT2D eigenvalue weighted by atomic mass is 10.1. The Kier molecular flexibility index (Phi) is 4.36. The van der Waals surface area contributed by atoms with E-state index in [9.17, 15) is 0 Å². The van der Waals surface area contributed by atoms with E-state index >= 15 is 0 Å². The highest BCUT2D eigenvalue weighted by atomic mass is 35.5. The number of aromatic nitrogens is 2. The first-order valence-corrected chi connectivity index (χ1v) is 7.55. The molecular weight excluding hydrogens is 319 g/mol. The second kappa shape index (κ2) is 6.42. The molecule has 1 aromatic heterocycles. The van der Waals surface area contributed by atoms with Crippen LogP contribution in [0, 0.1) is 0 Å². The second-order valence-electron chi connectivity index (χ2n) is 4.89. The minimum atomic E-state index is 0.494. The summed E-state index contributed by atoms with van der Waals surface area (Å²) < 4.78 is 7.52. The number of hydrogen-bond donors (Lipinski definition) is 0. The van der Waals surface area contributed by atoms with Gasteiger partial charge in [-0.05, 0) is 23.8 Å². The molecule has 0 amide bonds. The van der Waals surface area contributed by atoms with E-state index in [1.807, 2.05) is 49.5 Å². The molecule has 2 aromatic carbocycles. The highest BCUT2D eigenvalue weighted by molar-refractivity contribution is 6.36. The number of hydrogen-bond acceptors (Lipinski definition) is 2. The highest BCUT2D eigenvalue weighted by Crippen LogP contribution is 2.31. The van der Waals surface area contributed by atoms with Gasteiger partial charge in [0.2, 0.25) is 5.88 Å². The quantitative estimate of drug-likeness (QED) is 0.674. The van der Waals surface area contributed by atoms with Gasteiger partial charge in [0.1, 0.15) is 6.61 Å². The van der Waals surface area contributed by atoms with Crippen molar-refractivity contribution in [3.63, 3.8) is 0 Å². The highest BCUT2D eigenvalue weighted by Gasteiger charge is 2.11. The maximum absolute atomic E-state index is 6.22. The van der Waals surface area contributed by atoms with E-state index in [2.05, 4.69) is 5.10 Å². The number of ether oxygens (including phenoxy) is 1. The van der Waals surface area contributed by atoms with E-state index in [-0.39, 0.29) is 0 Å². The molecule has 0 saturated carbocycles. The lowest BCUT2D eigenvalue weighted by Gasteiger charge is -2.05. The Morgan fingerprint density at radius 1 is 1.05 bits per heavy atom. The summed E-state index contributed by atoms with van der Waals surface area (Å²) in [6, 6.07) is 17.2. The number of aryl methyl sites for hydroxylation is 1. The number of halogens is 2. The molecule has 1 heterocycles. The predicted octanol–water partition coefficient (Wildman–Crippen LogP) is 4.97. The summed E-state index contributed by atoms with van der Waals surface area (Å²) in [5.74, 6) is 0.685. The summed E-state index contributed by atoms with van der Waals surface area (Å²) in [5.41, 5.74) is 2.69. The molecule has 0 radical (unpaired) electrons. The molecule has 5 heteroatoms. The van der Waals surface area contributed by atoms with E-state index in [4.69, 9.17) is 27.9 Å². The average Bonchev–Trinajstić information content (AvgIpc) is 2.87. The molecule has 3 aromatic rings. The van der Waals surface area contributed by atoms with Crippen LogP contribution in [0.2, 0.25) is 10.0 Å². The molecule has 3 rings (SSSR count). The molecule has 112 valence electrons. The maximum Gasteiger partial charge on any atom is 0.212 e. The van der Waals surface area contributed by atoms with Crippen LogP contribution in [0.15, 0.2) is 54.6 Å². The fourth-order valence-corrected chi connectivity index (χ4v) is 2.65. The number of nitrogens with zero attached hydrogens (tertiary/aromatic N) is 2. The zero-order chi connectivity index (χ0) is 15.5. The summed E-state index contributed by atoms with van der Waals surface area (Å²) in [7, 11) is 1.84. The van der Waals surface area contributed by atoms with Gasteiger partial charge >= 0.3 is 0 Å². The minimum absolute atomic E-state index is 0.494. The van der Waals surface area contributed by atoms with Crippen molar-refractivity contribution in [2.45, 2.75) is 6.61 Å². The Morgan fingerprint density at radius 3 is 2.55 bits per heavy atom. The molecule has 0 aliphatic carbocycles. The third kappa shape index (κ3) is 3.26. The van der Waals surface area contributed by atoms with Crippen LogP contribution in [0.4, 0.5) is 0 Å². The fraction of sp³-hybridized carbons (Fsp3) is 0.118. The molecule has 3 nitrogen and oxygen atoms in total. The molecular formula is C17H14Cl2N2O. The fourth-order valence-electron chi connectivity index (χ4n) is 2.15. The van der Waals surface area contributed by atoms with E-state index in [0.717, 1.165) is 16.8 Å². The maximum atomic E-state index is 6.22. The third-order valence-corrected chi connectivity index (χ3v) is 3.82. The predicted molar refractivity (Wildman–Crippen MR) is 89.4 cm³/mol. The lowest BCUT2D eigenvalue weighted by Crippen LogP contribution is -2.00. The van der Waals surface area contributed by atoms with Gasteiger partial charge in [-0.3, -0.25) is 0 Å². The van der Waals surface area contributed by atoms with Crippen LogP contribution in [-0.4, -0.2) is 9.78 Å². The van der Waals surface area contributed by atoms with Gasteiger partial charge in [-0.15, -0.1) is 0 Å². The van der Waals surface area contributed by atoms with Crippen molar-refractivity contribution in [3.8, 4) is 17.1 Å². The third-order valence-electron chi connectivity index (χ3n) is 3.27. The summed E-state index contributed by atoms with van der Waals surface area (Å²) in [6.45, 7) is 0.494. The lowest BCUT2D eigenvalue weighted by molar-refractivity contribution is 0.279. The van der Waals surface area contributed by atoms with Crippen LogP contribution in [0.3, 0.4) is 0 Å². The van der Waals surface area contributed by atoms with E-state index < -0.39 is 0 Å². The van der Waals surface area contributed by atoms with Crippen molar-refractivity contribution in [2.24, 2.45) is 7.05 Å². The number of benzene rings is 2. The molecule has 0 spiro atoms. The van der Waals surface area contributed by atoms with Gasteiger partial charge in [-0.25, -0.2) is 4.68 Å². The summed E-state index contributed by atoms with van der Waals surface area (Å²) >= 11 is 12.1. The van der Waals surface area contributed by atoms with Gasteiger partial charge in [-0.1, -0.05) is 53.5 Å². The van der Waals surface area contributed by atoms with Crippen LogP contribution >= 0.6 is 23.2 Å². The van der Waals surface area contributed by atoms with Crippen molar-refractivity contribution in [1.82, 2.24) is 9.78 Å². The molecule has 0 bridgehead atoms. The Bertz CT molecular complexity index is 785. The molecule has 0 saturated heterocycles. The Balaban J connectivity index is 1.81. The first kappa shape index (κ1) is 14.9. The zero-order valence-corrected chi connectivity index (χ0v) is 13.5. The minimum Gasteiger partial charge on any atom is -0.473 e. The van der Waals surface area contributed by atoms with Crippen molar-refractivity contribution in [1.29, 1.82) is 0 Å². The number of rotatable bonds is 4. The van der Waals surface area contributed by atoms with Crippen LogP contribution in [-0.2, 0) is 13.7 Å². The molecule has 0 unspecified atom stereocenters. The molecule has 0 atom stereocenters. The van der Waals surface area contributed by atoms with Gasteiger partial charge < -0.3 is 4.74 Å².